The first-order valence-corrected chi connectivity index (χ1v) is 9.80. The molecule has 33 heavy (non-hydrogen) atoms. The van der Waals surface area contributed by atoms with Crippen LogP contribution in [0.4, 0.5) is 11.4 Å². The van der Waals surface area contributed by atoms with Gasteiger partial charge in [0.1, 0.15) is 25.3 Å². The van der Waals surface area contributed by atoms with E-state index in [9.17, 15) is 29.3 Å². The normalized spacial score (nSPS) is 15.0. The summed E-state index contributed by atoms with van der Waals surface area (Å²) in [5.74, 6) is -2.52. The summed E-state index contributed by atoms with van der Waals surface area (Å²) < 4.78 is 15.9. The third kappa shape index (κ3) is 4.18. The SMILES string of the molecule is C[C@@H](OC(=O)CN1C(=O)c2cccc([N+](=O)[O-])c2C1=O)C(=O)Nc1ccc2c(c1)OCCO2. The first-order chi connectivity index (χ1) is 15.8. The Labute approximate surface area is 186 Å². The molecule has 2 aliphatic heterocycles. The number of carbonyl (C=O) groups excluding carboxylic acids is 4. The summed E-state index contributed by atoms with van der Waals surface area (Å²) in [4.78, 5) is 60.6. The minimum Gasteiger partial charge on any atom is -0.486 e. The molecule has 12 heteroatoms. The molecule has 0 spiro atoms. The van der Waals surface area contributed by atoms with Crippen molar-refractivity contribution in [3.05, 3.63) is 57.6 Å². The fraction of sp³-hybridized carbons (Fsp3) is 0.238. The van der Waals surface area contributed by atoms with Gasteiger partial charge in [0.15, 0.2) is 17.6 Å². The number of fused-ring (bicyclic) bond motifs is 2. The van der Waals surface area contributed by atoms with Crippen molar-refractivity contribution in [3.8, 4) is 11.5 Å². The molecule has 1 N–H and O–H groups in total. The predicted octanol–water partition coefficient (Wildman–Crippen LogP) is 1.53. The van der Waals surface area contributed by atoms with Gasteiger partial charge in [-0.05, 0) is 25.1 Å². The lowest BCUT2D eigenvalue weighted by molar-refractivity contribution is -0.385. The Bertz CT molecular complexity index is 1190. The van der Waals surface area contributed by atoms with Gasteiger partial charge in [-0.2, -0.15) is 0 Å². The summed E-state index contributed by atoms with van der Waals surface area (Å²) in [7, 11) is 0. The van der Waals surface area contributed by atoms with E-state index in [2.05, 4.69) is 5.32 Å². The molecule has 0 aromatic heterocycles. The number of nitro benzene ring substituents is 1. The number of rotatable bonds is 6. The van der Waals surface area contributed by atoms with Crippen LogP contribution in [0.5, 0.6) is 11.5 Å². The predicted molar refractivity (Wildman–Crippen MR) is 110 cm³/mol. The van der Waals surface area contributed by atoms with Gasteiger partial charge in [0.05, 0.1) is 10.5 Å². The lowest BCUT2D eigenvalue weighted by Gasteiger charge is -2.20. The second-order valence-corrected chi connectivity index (χ2v) is 7.13. The smallest absolute Gasteiger partial charge is 0.326 e. The summed E-state index contributed by atoms with van der Waals surface area (Å²) in [5, 5.41) is 13.7. The van der Waals surface area contributed by atoms with Crippen LogP contribution in [0.25, 0.3) is 0 Å². The molecule has 0 unspecified atom stereocenters. The first-order valence-electron chi connectivity index (χ1n) is 9.80. The molecule has 12 nitrogen and oxygen atoms in total. The molecule has 4 rings (SSSR count). The lowest BCUT2D eigenvalue weighted by Crippen LogP contribution is -2.38. The Morgan fingerprint density at radius 1 is 1.15 bits per heavy atom. The van der Waals surface area contributed by atoms with Gasteiger partial charge in [0.25, 0.3) is 23.4 Å². The van der Waals surface area contributed by atoms with E-state index in [1.807, 2.05) is 0 Å². The average molecular weight is 455 g/mol. The molecule has 2 aromatic rings. The van der Waals surface area contributed by atoms with Gasteiger partial charge in [0.2, 0.25) is 0 Å². The second-order valence-electron chi connectivity index (χ2n) is 7.13. The minimum atomic E-state index is -1.25. The van der Waals surface area contributed by atoms with Crippen LogP contribution in [0, 0.1) is 10.1 Å². The lowest BCUT2D eigenvalue weighted by atomic mass is 10.1. The molecule has 2 heterocycles. The van der Waals surface area contributed by atoms with E-state index in [1.165, 1.54) is 19.1 Å². The van der Waals surface area contributed by atoms with E-state index in [4.69, 9.17) is 14.2 Å². The Morgan fingerprint density at radius 2 is 1.88 bits per heavy atom. The van der Waals surface area contributed by atoms with Gasteiger partial charge < -0.3 is 19.5 Å². The number of amides is 3. The molecule has 0 fully saturated rings. The number of nitrogens with one attached hydrogen (secondary N) is 1. The van der Waals surface area contributed by atoms with Gasteiger partial charge >= 0.3 is 5.97 Å². The van der Waals surface area contributed by atoms with E-state index in [0.717, 1.165) is 6.07 Å². The van der Waals surface area contributed by atoms with Crippen molar-refractivity contribution >= 4 is 35.1 Å². The second kappa shape index (κ2) is 8.57. The highest BCUT2D eigenvalue weighted by molar-refractivity contribution is 6.24. The van der Waals surface area contributed by atoms with Crippen molar-refractivity contribution in [1.82, 2.24) is 4.90 Å². The maximum atomic E-state index is 12.5. The molecular weight excluding hydrogens is 438 g/mol. The summed E-state index contributed by atoms with van der Waals surface area (Å²) >= 11 is 0. The number of nitro groups is 1. The Kier molecular flexibility index (Phi) is 5.65. The van der Waals surface area contributed by atoms with E-state index in [-0.39, 0.29) is 11.1 Å². The zero-order valence-corrected chi connectivity index (χ0v) is 17.2. The molecule has 170 valence electrons. The summed E-state index contributed by atoms with van der Waals surface area (Å²) in [5.41, 5.74) is -0.704. The maximum Gasteiger partial charge on any atom is 0.326 e. The van der Waals surface area contributed by atoms with Gasteiger partial charge in [-0.3, -0.25) is 34.2 Å². The molecule has 2 aromatic carbocycles. The van der Waals surface area contributed by atoms with Gasteiger partial charge in [-0.1, -0.05) is 6.07 Å². The van der Waals surface area contributed by atoms with Crippen molar-refractivity contribution in [2.24, 2.45) is 0 Å². The summed E-state index contributed by atoms with van der Waals surface area (Å²) in [6.45, 7) is 1.31. The number of hydrogen-bond donors (Lipinski definition) is 1. The highest BCUT2D eigenvalue weighted by Gasteiger charge is 2.42. The number of imide groups is 1. The van der Waals surface area contributed by atoms with Gasteiger partial charge in [0, 0.05) is 17.8 Å². The Hall–Kier alpha value is -4.48. The summed E-state index contributed by atoms with van der Waals surface area (Å²) in [6, 6.07) is 8.40. The van der Waals surface area contributed by atoms with Crippen LogP contribution in [0.3, 0.4) is 0 Å². The number of benzene rings is 2. The molecular formula is C21H17N3O9. The fourth-order valence-corrected chi connectivity index (χ4v) is 3.39. The van der Waals surface area contributed by atoms with Crippen molar-refractivity contribution < 1.29 is 38.3 Å². The number of nitrogens with zero attached hydrogens (tertiary/aromatic N) is 2. The highest BCUT2D eigenvalue weighted by atomic mass is 16.6. The fourth-order valence-electron chi connectivity index (χ4n) is 3.39. The molecule has 3 amide bonds. The standard InChI is InChI=1S/C21H17N3O9/c1-11(19(26)22-12-5-6-15-16(9-12)32-8-7-31-15)33-17(25)10-23-20(27)13-3-2-4-14(24(29)30)18(13)21(23)28/h2-6,9,11H,7-8,10H2,1H3,(H,22,26)/t11-/m1/s1. The molecule has 0 aliphatic carbocycles. The minimum absolute atomic E-state index is 0.175. The molecule has 0 bridgehead atoms. The third-order valence-electron chi connectivity index (χ3n) is 4.95. The zero-order chi connectivity index (χ0) is 23.7. The van der Waals surface area contributed by atoms with Crippen molar-refractivity contribution in [1.29, 1.82) is 0 Å². The van der Waals surface area contributed by atoms with Crippen molar-refractivity contribution in [2.75, 3.05) is 25.1 Å². The van der Waals surface area contributed by atoms with Crippen molar-refractivity contribution in [3.63, 3.8) is 0 Å². The number of hydrogen-bond acceptors (Lipinski definition) is 9. The zero-order valence-electron chi connectivity index (χ0n) is 17.2. The molecule has 2 aliphatic rings. The number of ether oxygens (including phenoxy) is 3. The number of carbonyl (C=O) groups is 4. The number of esters is 1. The van der Waals surface area contributed by atoms with Crippen molar-refractivity contribution in [2.45, 2.75) is 13.0 Å². The molecule has 0 saturated carbocycles. The Morgan fingerprint density at radius 3 is 2.61 bits per heavy atom. The van der Waals surface area contributed by atoms with Crippen LogP contribution >= 0.6 is 0 Å². The largest absolute Gasteiger partial charge is 0.486 e. The topological polar surface area (TPSA) is 154 Å². The van der Waals surface area contributed by atoms with Crippen LogP contribution in [-0.2, 0) is 14.3 Å². The molecule has 0 radical (unpaired) electrons. The maximum absolute atomic E-state index is 12.5. The quantitative estimate of drug-likeness (QED) is 0.295. The van der Waals surface area contributed by atoms with Crippen LogP contribution in [0.15, 0.2) is 36.4 Å². The summed E-state index contributed by atoms with van der Waals surface area (Å²) in [6.07, 6.45) is -1.25. The third-order valence-corrected chi connectivity index (χ3v) is 4.95. The van der Waals surface area contributed by atoms with Crippen LogP contribution < -0.4 is 14.8 Å². The van der Waals surface area contributed by atoms with E-state index in [0.29, 0.717) is 35.3 Å². The van der Waals surface area contributed by atoms with E-state index >= 15 is 0 Å². The Balaban J connectivity index is 1.38. The number of anilines is 1. The molecule has 0 saturated heterocycles. The van der Waals surface area contributed by atoms with Crippen LogP contribution in [0.1, 0.15) is 27.6 Å². The average Bonchev–Trinajstić information content (AvgIpc) is 3.03. The van der Waals surface area contributed by atoms with Gasteiger partial charge in [-0.25, -0.2) is 0 Å². The monoisotopic (exact) mass is 455 g/mol. The van der Waals surface area contributed by atoms with Crippen LogP contribution in [-0.4, -0.2) is 59.4 Å². The van der Waals surface area contributed by atoms with E-state index in [1.54, 1.807) is 18.2 Å². The molecule has 1 atom stereocenters. The van der Waals surface area contributed by atoms with Crippen LogP contribution in [0.2, 0.25) is 0 Å². The van der Waals surface area contributed by atoms with E-state index < -0.39 is 47.0 Å². The highest BCUT2D eigenvalue weighted by Crippen LogP contribution is 2.33. The first kappa shape index (κ1) is 21.7. The van der Waals surface area contributed by atoms with Gasteiger partial charge in [-0.15, -0.1) is 0 Å².